The van der Waals surface area contributed by atoms with Gasteiger partial charge in [0.05, 0.1) is 0 Å². The zero-order chi connectivity index (χ0) is 14.3. The molecular formula is C16H28N2S. The van der Waals surface area contributed by atoms with Gasteiger partial charge in [0.15, 0.2) is 0 Å². The van der Waals surface area contributed by atoms with Gasteiger partial charge in [-0.2, -0.15) is 11.8 Å². The fraction of sp³-hybridized carbons (Fsp3) is 0.625. The molecule has 0 amide bonds. The Morgan fingerprint density at radius 1 is 1.32 bits per heavy atom. The van der Waals surface area contributed by atoms with Crippen molar-refractivity contribution in [1.29, 1.82) is 0 Å². The zero-order valence-electron chi connectivity index (χ0n) is 12.7. The zero-order valence-corrected chi connectivity index (χ0v) is 13.5. The standard InChI is InChI=1S/C16H28N2S/c1-5-14-8-6-7-9-15(14)16(12-17)18(3)13(2)10-11-19-4/h6-9,13,16H,5,10-12,17H2,1-4H3. The Hall–Kier alpha value is -0.510. The summed E-state index contributed by atoms with van der Waals surface area (Å²) in [7, 11) is 2.20. The summed E-state index contributed by atoms with van der Waals surface area (Å²) in [6, 6.07) is 9.58. The molecule has 0 saturated carbocycles. The molecule has 1 aromatic rings. The lowest BCUT2D eigenvalue weighted by atomic mass is 9.96. The molecule has 0 fully saturated rings. The van der Waals surface area contributed by atoms with Crippen LogP contribution in [0.15, 0.2) is 24.3 Å². The van der Waals surface area contributed by atoms with E-state index in [1.807, 2.05) is 11.8 Å². The molecule has 0 aliphatic carbocycles. The molecule has 0 aliphatic heterocycles. The highest BCUT2D eigenvalue weighted by Gasteiger charge is 2.21. The van der Waals surface area contributed by atoms with Crippen LogP contribution in [0.25, 0.3) is 0 Å². The maximum atomic E-state index is 6.05. The van der Waals surface area contributed by atoms with Crippen LogP contribution in [0.1, 0.15) is 37.4 Å². The molecule has 0 heterocycles. The highest BCUT2D eigenvalue weighted by atomic mass is 32.2. The van der Waals surface area contributed by atoms with Gasteiger partial charge >= 0.3 is 0 Å². The van der Waals surface area contributed by atoms with Gasteiger partial charge in [-0.05, 0) is 49.9 Å². The molecule has 0 bridgehead atoms. The Bertz CT molecular complexity index is 368. The third-order valence-corrected chi connectivity index (χ3v) is 4.59. The topological polar surface area (TPSA) is 29.3 Å². The third kappa shape index (κ3) is 4.51. The maximum Gasteiger partial charge on any atom is 0.0472 e. The smallest absolute Gasteiger partial charge is 0.0472 e. The lowest BCUT2D eigenvalue weighted by Crippen LogP contribution is -2.37. The lowest BCUT2D eigenvalue weighted by molar-refractivity contribution is 0.185. The van der Waals surface area contributed by atoms with Gasteiger partial charge in [0.1, 0.15) is 0 Å². The van der Waals surface area contributed by atoms with Crippen molar-refractivity contribution in [2.45, 2.75) is 38.8 Å². The number of nitrogens with zero attached hydrogens (tertiary/aromatic N) is 1. The molecule has 108 valence electrons. The van der Waals surface area contributed by atoms with Gasteiger partial charge in [-0.25, -0.2) is 0 Å². The van der Waals surface area contributed by atoms with Crippen molar-refractivity contribution in [3.63, 3.8) is 0 Å². The van der Waals surface area contributed by atoms with Crippen LogP contribution in [-0.4, -0.2) is 36.5 Å². The van der Waals surface area contributed by atoms with Crippen LogP contribution >= 0.6 is 11.8 Å². The van der Waals surface area contributed by atoms with E-state index in [2.05, 4.69) is 56.3 Å². The second kappa shape index (κ2) is 8.62. The summed E-state index contributed by atoms with van der Waals surface area (Å²) in [5, 5.41) is 0. The van der Waals surface area contributed by atoms with Crippen LogP contribution in [0.5, 0.6) is 0 Å². The first-order chi connectivity index (χ1) is 9.15. The summed E-state index contributed by atoms with van der Waals surface area (Å²) in [5.74, 6) is 1.21. The van der Waals surface area contributed by atoms with Crippen molar-refractivity contribution in [2.24, 2.45) is 5.73 Å². The first-order valence-electron chi connectivity index (χ1n) is 7.14. The molecule has 0 saturated heterocycles. The fourth-order valence-electron chi connectivity index (χ4n) is 2.49. The van der Waals surface area contributed by atoms with E-state index in [9.17, 15) is 0 Å². The molecule has 0 spiro atoms. The molecular weight excluding hydrogens is 252 g/mol. The average molecular weight is 280 g/mol. The Morgan fingerprint density at radius 3 is 2.58 bits per heavy atom. The molecule has 2 atom stereocenters. The van der Waals surface area contributed by atoms with E-state index in [1.54, 1.807) is 0 Å². The molecule has 19 heavy (non-hydrogen) atoms. The Labute approximate surface area is 122 Å². The molecule has 2 N–H and O–H groups in total. The summed E-state index contributed by atoms with van der Waals surface area (Å²) in [6.45, 7) is 5.19. The minimum Gasteiger partial charge on any atom is -0.329 e. The van der Waals surface area contributed by atoms with E-state index in [1.165, 1.54) is 23.3 Å². The molecule has 0 aliphatic rings. The van der Waals surface area contributed by atoms with Crippen molar-refractivity contribution in [1.82, 2.24) is 4.90 Å². The van der Waals surface area contributed by atoms with E-state index in [0.717, 1.165) is 6.42 Å². The molecule has 3 heteroatoms. The van der Waals surface area contributed by atoms with E-state index < -0.39 is 0 Å². The summed E-state index contributed by atoms with van der Waals surface area (Å²) >= 11 is 1.91. The van der Waals surface area contributed by atoms with E-state index in [-0.39, 0.29) is 0 Å². The van der Waals surface area contributed by atoms with Gasteiger partial charge in [-0.15, -0.1) is 0 Å². The minimum absolute atomic E-state index is 0.327. The predicted octanol–water partition coefficient (Wildman–Crippen LogP) is 3.32. The molecule has 0 radical (unpaired) electrons. The molecule has 0 aromatic heterocycles. The Balaban J connectivity index is 2.86. The second-order valence-corrected chi connectivity index (χ2v) is 6.09. The summed E-state index contributed by atoms with van der Waals surface area (Å²) in [6.07, 6.45) is 4.45. The number of hydrogen-bond acceptors (Lipinski definition) is 3. The number of nitrogens with two attached hydrogens (primary N) is 1. The number of likely N-dealkylation sites (N-methyl/N-ethyl adjacent to an activating group) is 1. The van der Waals surface area contributed by atoms with E-state index >= 15 is 0 Å². The van der Waals surface area contributed by atoms with Gasteiger partial charge in [0, 0.05) is 18.6 Å². The number of benzene rings is 1. The van der Waals surface area contributed by atoms with Gasteiger partial charge < -0.3 is 5.73 Å². The van der Waals surface area contributed by atoms with Crippen LogP contribution in [0.2, 0.25) is 0 Å². The molecule has 2 unspecified atom stereocenters. The quantitative estimate of drug-likeness (QED) is 0.792. The van der Waals surface area contributed by atoms with Crippen LogP contribution in [0.3, 0.4) is 0 Å². The summed E-state index contributed by atoms with van der Waals surface area (Å²) in [5.41, 5.74) is 8.86. The summed E-state index contributed by atoms with van der Waals surface area (Å²) in [4.78, 5) is 2.44. The Morgan fingerprint density at radius 2 is 2.00 bits per heavy atom. The largest absolute Gasteiger partial charge is 0.329 e. The van der Waals surface area contributed by atoms with Gasteiger partial charge in [-0.3, -0.25) is 4.90 Å². The number of aryl methyl sites for hydroxylation is 1. The van der Waals surface area contributed by atoms with Crippen LogP contribution in [0, 0.1) is 0 Å². The highest BCUT2D eigenvalue weighted by Crippen LogP contribution is 2.25. The SMILES string of the molecule is CCc1ccccc1C(CN)N(C)C(C)CCSC. The van der Waals surface area contributed by atoms with Gasteiger partial charge in [0.2, 0.25) is 0 Å². The van der Waals surface area contributed by atoms with Crippen molar-refractivity contribution in [3.05, 3.63) is 35.4 Å². The van der Waals surface area contributed by atoms with Crippen LogP contribution in [0.4, 0.5) is 0 Å². The fourth-order valence-corrected chi connectivity index (χ4v) is 3.07. The molecule has 1 aromatic carbocycles. The van der Waals surface area contributed by atoms with Crippen LogP contribution < -0.4 is 5.73 Å². The van der Waals surface area contributed by atoms with Gasteiger partial charge in [-0.1, -0.05) is 31.2 Å². The first-order valence-corrected chi connectivity index (χ1v) is 8.53. The summed E-state index contributed by atoms with van der Waals surface area (Å²) < 4.78 is 0. The maximum absolute atomic E-state index is 6.05. The number of thioether (sulfide) groups is 1. The van der Waals surface area contributed by atoms with Crippen molar-refractivity contribution >= 4 is 11.8 Å². The number of hydrogen-bond donors (Lipinski definition) is 1. The van der Waals surface area contributed by atoms with Crippen molar-refractivity contribution in [3.8, 4) is 0 Å². The van der Waals surface area contributed by atoms with E-state index in [0.29, 0.717) is 18.6 Å². The normalized spacial score (nSPS) is 14.6. The van der Waals surface area contributed by atoms with E-state index in [4.69, 9.17) is 5.73 Å². The van der Waals surface area contributed by atoms with Crippen molar-refractivity contribution < 1.29 is 0 Å². The highest BCUT2D eigenvalue weighted by molar-refractivity contribution is 7.98. The molecule has 2 nitrogen and oxygen atoms in total. The third-order valence-electron chi connectivity index (χ3n) is 3.94. The van der Waals surface area contributed by atoms with Crippen molar-refractivity contribution in [2.75, 3.05) is 25.6 Å². The monoisotopic (exact) mass is 280 g/mol. The number of rotatable bonds is 8. The second-order valence-electron chi connectivity index (χ2n) is 5.10. The lowest BCUT2D eigenvalue weighted by Gasteiger charge is -2.34. The first kappa shape index (κ1) is 16.5. The van der Waals surface area contributed by atoms with Gasteiger partial charge in [0.25, 0.3) is 0 Å². The molecule has 1 rings (SSSR count). The van der Waals surface area contributed by atoms with Crippen LogP contribution in [-0.2, 0) is 6.42 Å². The predicted molar refractivity (Wildman–Crippen MR) is 87.8 cm³/mol. The average Bonchev–Trinajstić information content (AvgIpc) is 2.45. The minimum atomic E-state index is 0.327. The Kier molecular flexibility index (Phi) is 7.51.